The first-order valence-electron chi connectivity index (χ1n) is 5.28. The lowest BCUT2D eigenvalue weighted by atomic mass is 10.1. The van der Waals surface area contributed by atoms with Gasteiger partial charge in [-0.05, 0) is 11.6 Å². The van der Waals surface area contributed by atoms with Gasteiger partial charge in [-0.25, -0.2) is 0 Å². The van der Waals surface area contributed by atoms with Crippen LogP contribution in [0.1, 0.15) is 10.9 Å². The molecule has 1 heterocycles. The molecule has 1 aromatic carbocycles. The molecular formula is C13H10Cl2N2O. The van der Waals surface area contributed by atoms with E-state index in [0.717, 1.165) is 5.56 Å². The van der Waals surface area contributed by atoms with Crippen LogP contribution in [-0.2, 0) is 4.79 Å². The Morgan fingerprint density at radius 2 is 1.94 bits per heavy atom. The largest absolute Gasteiger partial charge is 0.322 e. The molecule has 1 unspecified atom stereocenters. The van der Waals surface area contributed by atoms with E-state index < -0.39 is 5.38 Å². The zero-order valence-corrected chi connectivity index (χ0v) is 10.8. The van der Waals surface area contributed by atoms with Crippen LogP contribution in [0.4, 0.5) is 5.69 Å². The van der Waals surface area contributed by atoms with E-state index in [0.29, 0.717) is 10.7 Å². The molecule has 2 rings (SSSR count). The van der Waals surface area contributed by atoms with Crippen LogP contribution in [0, 0.1) is 0 Å². The van der Waals surface area contributed by atoms with Crippen LogP contribution < -0.4 is 5.32 Å². The Morgan fingerprint density at radius 3 is 2.61 bits per heavy atom. The van der Waals surface area contributed by atoms with E-state index >= 15 is 0 Å². The average molecular weight is 281 g/mol. The molecule has 1 aromatic heterocycles. The van der Waals surface area contributed by atoms with Crippen LogP contribution >= 0.6 is 23.2 Å². The van der Waals surface area contributed by atoms with Gasteiger partial charge >= 0.3 is 0 Å². The number of anilines is 1. The van der Waals surface area contributed by atoms with Gasteiger partial charge in [-0.3, -0.25) is 9.78 Å². The van der Waals surface area contributed by atoms with Crippen molar-refractivity contribution in [3.05, 3.63) is 59.4 Å². The standard InChI is InChI=1S/C13H10Cl2N2O/c14-10-6-7-16-8-11(10)17-13(18)12(15)9-4-2-1-3-5-9/h1-8,12H,(H,17,18). The number of amides is 1. The second-order valence-electron chi connectivity index (χ2n) is 3.62. The van der Waals surface area contributed by atoms with Crippen molar-refractivity contribution in [2.45, 2.75) is 5.38 Å². The number of benzene rings is 1. The van der Waals surface area contributed by atoms with Crippen molar-refractivity contribution in [1.29, 1.82) is 0 Å². The molecule has 0 aliphatic heterocycles. The minimum atomic E-state index is -0.762. The van der Waals surface area contributed by atoms with Crippen molar-refractivity contribution in [2.75, 3.05) is 5.32 Å². The maximum Gasteiger partial charge on any atom is 0.247 e. The van der Waals surface area contributed by atoms with Gasteiger partial charge in [0.1, 0.15) is 5.38 Å². The number of pyridine rings is 1. The zero-order valence-electron chi connectivity index (χ0n) is 9.31. The molecule has 0 radical (unpaired) electrons. The third-order valence-corrected chi connectivity index (χ3v) is 3.13. The molecule has 2 aromatic rings. The molecule has 1 atom stereocenters. The molecule has 0 spiro atoms. The first kappa shape index (κ1) is 12.9. The van der Waals surface area contributed by atoms with Gasteiger partial charge in [-0.15, -0.1) is 11.6 Å². The van der Waals surface area contributed by atoms with E-state index in [4.69, 9.17) is 23.2 Å². The van der Waals surface area contributed by atoms with E-state index in [1.807, 2.05) is 18.2 Å². The first-order chi connectivity index (χ1) is 8.68. The summed E-state index contributed by atoms with van der Waals surface area (Å²) in [5.74, 6) is -0.335. The van der Waals surface area contributed by atoms with Crippen molar-refractivity contribution in [3.63, 3.8) is 0 Å². The fourth-order valence-corrected chi connectivity index (χ4v) is 1.79. The summed E-state index contributed by atoms with van der Waals surface area (Å²) < 4.78 is 0. The monoisotopic (exact) mass is 280 g/mol. The highest BCUT2D eigenvalue weighted by atomic mass is 35.5. The van der Waals surface area contributed by atoms with E-state index in [9.17, 15) is 4.79 Å². The molecule has 0 bridgehead atoms. The SMILES string of the molecule is O=C(Nc1cnccc1Cl)C(Cl)c1ccccc1. The number of carbonyl (C=O) groups excluding carboxylic acids is 1. The zero-order chi connectivity index (χ0) is 13.0. The third kappa shape index (κ3) is 3.00. The number of hydrogen-bond donors (Lipinski definition) is 1. The molecule has 0 saturated carbocycles. The maximum atomic E-state index is 11.9. The number of alkyl halides is 1. The number of nitrogens with one attached hydrogen (secondary N) is 1. The van der Waals surface area contributed by atoms with Crippen molar-refractivity contribution in [3.8, 4) is 0 Å². The topological polar surface area (TPSA) is 42.0 Å². The quantitative estimate of drug-likeness (QED) is 0.872. The Morgan fingerprint density at radius 1 is 1.22 bits per heavy atom. The van der Waals surface area contributed by atoms with Crippen molar-refractivity contribution in [2.24, 2.45) is 0 Å². The molecule has 0 fully saturated rings. The Labute approximate surface area is 115 Å². The van der Waals surface area contributed by atoms with Crippen LogP contribution in [0.25, 0.3) is 0 Å². The summed E-state index contributed by atoms with van der Waals surface area (Å²) >= 11 is 12.0. The predicted octanol–water partition coefficient (Wildman–Crippen LogP) is 3.65. The lowest BCUT2D eigenvalue weighted by molar-refractivity contribution is -0.116. The number of halogens is 2. The maximum absolute atomic E-state index is 11.9. The van der Waals surface area contributed by atoms with Crippen molar-refractivity contribution < 1.29 is 4.79 Å². The molecule has 18 heavy (non-hydrogen) atoms. The van der Waals surface area contributed by atoms with Gasteiger partial charge in [-0.1, -0.05) is 41.9 Å². The fourth-order valence-electron chi connectivity index (χ4n) is 1.44. The first-order valence-corrected chi connectivity index (χ1v) is 6.09. The van der Waals surface area contributed by atoms with E-state index in [-0.39, 0.29) is 5.91 Å². The van der Waals surface area contributed by atoms with Crippen LogP contribution in [-0.4, -0.2) is 10.9 Å². The van der Waals surface area contributed by atoms with Crippen molar-refractivity contribution >= 4 is 34.8 Å². The molecule has 1 N–H and O–H groups in total. The summed E-state index contributed by atoms with van der Waals surface area (Å²) in [6.07, 6.45) is 3.03. The number of carbonyl (C=O) groups is 1. The molecule has 3 nitrogen and oxygen atoms in total. The molecule has 1 amide bonds. The molecule has 0 aliphatic carbocycles. The summed E-state index contributed by atoms with van der Waals surface area (Å²) in [7, 11) is 0. The second kappa shape index (κ2) is 5.85. The van der Waals surface area contributed by atoms with Crippen LogP contribution in [0.5, 0.6) is 0 Å². The average Bonchev–Trinajstić information content (AvgIpc) is 2.41. The minimum absolute atomic E-state index is 0.335. The highest BCUT2D eigenvalue weighted by Crippen LogP contribution is 2.24. The summed E-state index contributed by atoms with van der Waals surface area (Å²) in [5.41, 5.74) is 1.18. The van der Waals surface area contributed by atoms with Gasteiger partial charge in [0.25, 0.3) is 0 Å². The molecule has 5 heteroatoms. The Hall–Kier alpha value is -1.58. The van der Waals surface area contributed by atoms with Gasteiger partial charge < -0.3 is 5.32 Å². The Bertz CT molecular complexity index is 546. The summed E-state index contributed by atoms with van der Waals surface area (Å²) in [4.78, 5) is 15.8. The van der Waals surface area contributed by atoms with Gasteiger partial charge in [-0.2, -0.15) is 0 Å². The van der Waals surface area contributed by atoms with E-state index in [1.165, 1.54) is 6.20 Å². The van der Waals surface area contributed by atoms with Crippen LogP contribution in [0.15, 0.2) is 48.8 Å². The van der Waals surface area contributed by atoms with Gasteiger partial charge in [0, 0.05) is 6.20 Å². The molecule has 0 saturated heterocycles. The second-order valence-corrected chi connectivity index (χ2v) is 4.46. The lowest BCUT2D eigenvalue weighted by Crippen LogP contribution is -2.17. The summed E-state index contributed by atoms with van der Waals surface area (Å²) in [6.45, 7) is 0. The number of rotatable bonds is 3. The Balaban J connectivity index is 2.12. The predicted molar refractivity (Wildman–Crippen MR) is 72.9 cm³/mol. The van der Waals surface area contributed by atoms with E-state index in [2.05, 4.69) is 10.3 Å². The molecule has 0 aliphatic rings. The number of aromatic nitrogens is 1. The van der Waals surface area contributed by atoms with Gasteiger partial charge in [0.2, 0.25) is 5.91 Å². The lowest BCUT2D eigenvalue weighted by Gasteiger charge is -2.11. The Kier molecular flexibility index (Phi) is 4.18. The summed E-state index contributed by atoms with van der Waals surface area (Å²) in [5, 5.41) is 2.31. The van der Waals surface area contributed by atoms with Crippen molar-refractivity contribution in [1.82, 2.24) is 4.98 Å². The smallest absolute Gasteiger partial charge is 0.247 e. The molecular weight excluding hydrogens is 271 g/mol. The van der Waals surface area contributed by atoms with Gasteiger partial charge in [0.15, 0.2) is 0 Å². The highest BCUT2D eigenvalue weighted by Gasteiger charge is 2.18. The number of hydrogen-bond acceptors (Lipinski definition) is 2. The van der Waals surface area contributed by atoms with E-state index in [1.54, 1.807) is 24.4 Å². The third-order valence-electron chi connectivity index (χ3n) is 2.35. The van der Waals surface area contributed by atoms with Crippen LogP contribution in [0.3, 0.4) is 0 Å². The normalized spacial score (nSPS) is 11.9. The minimum Gasteiger partial charge on any atom is -0.322 e. The molecule has 92 valence electrons. The fraction of sp³-hybridized carbons (Fsp3) is 0.0769. The van der Waals surface area contributed by atoms with Crippen LogP contribution in [0.2, 0.25) is 5.02 Å². The van der Waals surface area contributed by atoms with Gasteiger partial charge in [0.05, 0.1) is 16.9 Å². The summed E-state index contributed by atoms with van der Waals surface area (Å²) in [6, 6.07) is 10.7. The number of nitrogens with zero attached hydrogens (tertiary/aromatic N) is 1. The highest BCUT2D eigenvalue weighted by molar-refractivity contribution is 6.35.